The van der Waals surface area contributed by atoms with Gasteiger partial charge in [-0.25, -0.2) is 9.97 Å². The van der Waals surface area contributed by atoms with Gasteiger partial charge in [-0.15, -0.1) is 0 Å². The van der Waals surface area contributed by atoms with Crippen LogP contribution in [0.3, 0.4) is 0 Å². The van der Waals surface area contributed by atoms with Crippen LogP contribution in [0.5, 0.6) is 0 Å². The summed E-state index contributed by atoms with van der Waals surface area (Å²) < 4.78 is 2.19. The summed E-state index contributed by atoms with van der Waals surface area (Å²) in [6.45, 7) is 0. The number of rotatable bonds is 0. The molecule has 9 rings (SSSR count). The molecule has 4 heterocycles. The van der Waals surface area contributed by atoms with Crippen molar-refractivity contribution in [2.24, 2.45) is 0 Å². The third kappa shape index (κ3) is 2.15. The van der Waals surface area contributed by atoms with Gasteiger partial charge in [0.15, 0.2) is 0 Å². The summed E-state index contributed by atoms with van der Waals surface area (Å²) in [7, 11) is 0. The van der Waals surface area contributed by atoms with Gasteiger partial charge in [0, 0.05) is 28.6 Å². The number of benzene rings is 3. The molecule has 0 saturated carbocycles. The van der Waals surface area contributed by atoms with Crippen molar-refractivity contribution < 1.29 is 0 Å². The average molecular weight is 447 g/mol. The zero-order chi connectivity index (χ0) is 22.7. The molecule has 3 aromatic carbocycles. The summed E-state index contributed by atoms with van der Waals surface area (Å²) in [5.41, 5.74) is 15.0. The lowest BCUT2D eigenvalue weighted by atomic mass is 9.93. The molecule has 35 heavy (non-hydrogen) atoms. The van der Waals surface area contributed by atoms with Crippen LogP contribution in [-0.2, 0) is 12.8 Å². The maximum Gasteiger partial charge on any atom is 0.147 e. The summed E-state index contributed by atoms with van der Waals surface area (Å²) in [6.07, 6.45) is 7.54. The lowest BCUT2D eigenvalue weighted by Crippen LogP contribution is -1.95. The first-order chi connectivity index (χ1) is 17.3. The van der Waals surface area contributed by atoms with Crippen molar-refractivity contribution in [3.05, 3.63) is 108 Å². The number of hydrogen-bond donors (Lipinski definition) is 0. The molecule has 0 radical (unpaired) electrons. The quantitative estimate of drug-likeness (QED) is 0.243. The number of pyridine rings is 3. The highest BCUT2D eigenvalue weighted by molar-refractivity contribution is 6.20. The van der Waals surface area contributed by atoms with Gasteiger partial charge in [-0.1, -0.05) is 42.5 Å². The Labute approximate surface area is 200 Å². The Morgan fingerprint density at radius 2 is 1.54 bits per heavy atom. The van der Waals surface area contributed by atoms with Gasteiger partial charge in [-0.3, -0.25) is 9.38 Å². The van der Waals surface area contributed by atoms with Crippen LogP contribution in [0.1, 0.15) is 22.3 Å². The summed E-state index contributed by atoms with van der Waals surface area (Å²) >= 11 is 0. The first-order valence-electron chi connectivity index (χ1n) is 12.0. The van der Waals surface area contributed by atoms with Crippen LogP contribution in [0.25, 0.3) is 60.7 Å². The molecule has 0 aliphatic heterocycles. The van der Waals surface area contributed by atoms with Crippen molar-refractivity contribution in [2.45, 2.75) is 12.8 Å². The minimum Gasteiger partial charge on any atom is -0.276 e. The SMILES string of the molecule is c1ccc2c(c1)Cc1cc3c(cc1-2)-c1c(ccc2c1c1cccnc1n1c4ccncc4nc21)C3. The van der Waals surface area contributed by atoms with E-state index < -0.39 is 0 Å². The fourth-order valence-corrected chi connectivity index (χ4v) is 6.48. The van der Waals surface area contributed by atoms with Crippen LogP contribution in [0, 0.1) is 0 Å². The summed E-state index contributed by atoms with van der Waals surface area (Å²) in [5, 5.41) is 3.58. The summed E-state index contributed by atoms with van der Waals surface area (Å²) in [6, 6.07) is 24.6. The molecule has 0 spiro atoms. The Hall–Kier alpha value is -4.57. The Morgan fingerprint density at radius 1 is 0.657 bits per heavy atom. The molecule has 7 aromatic rings. The van der Waals surface area contributed by atoms with Gasteiger partial charge < -0.3 is 0 Å². The van der Waals surface area contributed by atoms with E-state index in [2.05, 4.69) is 64.0 Å². The molecule has 0 atom stereocenters. The highest BCUT2D eigenvalue weighted by atomic mass is 15.1. The van der Waals surface area contributed by atoms with Gasteiger partial charge in [-0.05, 0) is 81.6 Å². The molecule has 4 aromatic heterocycles. The van der Waals surface area contributed by atoms with E-state index in [9.17, 15) is 0 Å². The number of aromatic nitrogens is 4. The molecule has 4 nitrogen and oxygen atoms in total. The van der Waals surface area contributed by atoms with Crippen LogP contribution < -0.4 is 0 Å². The maximum absolute atomic E-state index is 5.02. The molecular formula is C31H18N4. The molecule has 0 amide bonds. The van der Waals surface area contributed by atoms with Crippen LogP contribution in [0.4, 0.5) is 0 Å². The Bertz CT molecular complexity index is 2070. The van der Waals surface area contributed by atoms with Gasteiger partial charge in [0.1, 0.15) is 16.8 Å². The second-order valence-corrected chi connectivity index (χ2v) is 9.71. The van der Waals surface area contributed by atoms with Crippen LogP contribution >= 0.6 is 0 Å². The minimum absolute atomic E-state index is 0.891. The lowest BCUT2D eigenvalue weighted by Gasteiger charge is -2.13. The fourth-order valence-electron chi connectivity index (χ4n) is 6.48. The van der Waals surface area contributed by atoms with E-state index in [0.29, 0.717) is 0 Å². The fraction of sp³-hybridized carbons (Fsp3) is 0.0645. The van der Waals surface area contributed by atoms with Crippen molar-refractivity contribution in [3.8, 4) is 22.3 Å². The third-order valence-corrected chi connectivity index (χ3v) is 7.92. The first-order valence-corrected chi connectivity index (χ1v) is 12.0. The Morgan fingerprint density at radius 3 is 2.54 bits per heavy atom. The molecule has 2 aliphatic carbocycles. The van der Waals surface area contributed by atoms with E-state index in [0.717, 1.165) is 45.9 Å². The second-order valence-electron chi connectivity index (χ2n) is 9.71. The Kier molecular flexibility index (Phi) is 3.11. The number of nitrogens with zero attached hydrogens (tertiary/aromatic N) is 4. The molecule has 0 N–H and O–H groups in total. The monoisotopic (exact) mass is 446 g/mol. The van der Waals surface area contributed by atoms with E-state index in [4.69, 9.17) is 9.97 Å². The van der Waals surface area contributed by atoms with Crippen LogP contribution in [0.15, 0.2) is 85.3 Å². The molecule has 0 unspecified atom stereocenters. The van der Waals surface area contributed by atoms with Crippen molar-refractivity contribution in [1.29, 1.82) is 0 Å². The van der Waals surface area contributed by atoms with Crippen molar-refractivity contribution in [1.82, 2.24) is 19.4 Å². The molecule has 0 saturated heterocycles. The van der Waals surface area contributed by atoms with Gasteiger partial charge in [0.05, 0.1) is 11.7 Å². The number of imidazole rings is 1. The molecular weight excluding hydrogens is 428 g/mol. The van der Waals surface area contributed by atoms with E-state index in [1.807, 2.05) is 30.7 Å². The normalized spacial score (nSPS) is 13.5. The standard InChI is InChI=1S/C31H18N4/c1-2-5-21-17(4-1)12-19-14-20-13-18-7-8-23-29(28(18)25(20)15-24(19)21)22-6-3-10-33-30(22)35-27-9-11-32-16-26(27)34-31(23)35/h1-11,14-16H,12-13H2. The van der Waals surface area contributed by atoms with E-state index in [-0.39, 0.29) is 0 Å². The molecule has 162 valence electrons. The van der Waals surface area contributed by atoms with Crippen molar-refractivity contribution in [2.75, 3.05) is 0 Å². The van der Waals surface area contributed by atoms with Gasteiger partial charge in [-0.2, -0.15) is 0 Å². The molecule has 4 heteroatoms. The van der Waals surface area contributed by atoms with Gasteiger partial charge in [0.25, 0.3) is 0 Å². The zero-order valence-electron chi connectivity index (χ0n) is 18.8. The predicted molar refractivity (Wildman–Crippen MR) is 140 cm³/mol. The van der Waals surface area contributed by atoms with E-state index in [1.165, 1.54) is 49.9 Å². The predicted octanol–water partition coefficient (Wildman–Crippen LogP) is 6.73. The van der Waals surface area contributed by atoms with Gasteiger partial charge in [0.2, 0.25) is 0 Å². The largest absolute Gasteiger partial charge is 0.276 e. The van der Waals surface area contributed by atoms with Gasteiger partial charge >= 0.3 is 0 Å². The molecule has 0 fully saturated rings. The Balaban J connectivity index is 1.46. The first kappa shape index (κ1) is 17.8. The summed E-state index contributed by atoms with van der Waals surface area (Å²) in [5.74, 6) is 0. The van der Waals surface area contributed by atoms with E-state index >= 15 is 0 Å². The lowest BCUT2D eigenvalue weighted by molar-refractivity contribution is 1.21. The third-order valence-electron chi connectivity index (χ3n) is 7.92. The topological polar surface area (TPSA) is 43.1 Å². The smallest absolute Gasteiger partial charge is 0.147 e. The van der Waals surface area contributed by atoms with Crippen molar-refractivity contribution in [3.63, 3.8) is 0 Å². The van der Waals surface area contributed by atoms with Crippen LogP contribution in [-0.4, -0.2) is 19.4 Å². The maximum atomic E-state index is 5.02. The van der Waals surface area contributed by atoms with Crippen LogP contribution in [0.2, 0.25) is 0 Å². The van der Waals surface area contributed by atoms with E-state index in [1.54, 1.807) is 0 Å². The molecule has 0 bridgehead atoms. The van der Waals surface area contributed by atoms with Crippen molar-refractivity contribution >= 4 is 38.5 Å². The highest BCUT2D eigenvalue weighted by Gasteiger charge is 2.28. The zero-order valence-corrected chi connectivity index (χ0v) is 18.8. The minimum atomic E-state index is 0.891. The average Bonchev–Trinajstić information content (AvgIpc) is 3.58. The molecule has 2 aliphatic rings. The number of fused-ring (bicyclic) bond motifs is 15. The number of hydrogen-bond acceptors (Lipinski definition) is 3. The highest BCUT2D eigenvalue weighted by Crippen LogP contribution is 2.48. The summed E-state index contributed by atoms with van der Waals surface area (Å²) in [4.78, 5) is 14.2. The second kappa shape index (κ2) is 6.10.